The van der Waals surface area contributed by atoms with E-state index in [-0.39, 0.29) is 12.5 Å². The minimum absolute atomic E-state index is 0.126. The summed E-state index contributed by atoms with van der Waals surface area (Å²) in [5.74, 6) is -0.769. The van der Waals surface area contributed by atoms with Crippen LogP contribution in [0.3, 0.4) is 0 Å². The number of likely N-dealkylation sites (tertiary alicyclic amines) is 1. The number of nitrogens with one attached hydrogen (secondary N) is 1. The lowest BCUT2D eigenvalue weighted by atomic mass is 10.2. The maximum Gasteiger partial charge on any atom is 0.344 e. The fraction of sp³-hybridized carbons (Fsp3) is 0.316. The molecule has 8 heteroatoms. The quantitative estimate of drug-likeness (QED) is 0.580. The molecule has 1 aromatic heterocycles. The van der Waals surface area contributed by atoms with Gasteiger partial charge in [0.1, 0.15) is 11.4 Å². The van der Waals surface area contributed by atoms with Crippen molar-refractivity contribution < 1.29 is 23.9 Å². The number of ketones is 1. The fourth-order valence-corrected chi connectivity index (χ4v) is 2.92. The van der Waals surface area contributed by atoms with Crippen molar-refractivity contribution in [1.82, 2.24) is 9.88 Å². The molecule has 0 unspecified atom stereocenters. The van der Waals surface area contributed by atoms with Crippen molar-refractivity contribution in [2.75, 3.05) is 26.3 Å². The number of carbonyl (C=O) groups is 3. The highest BCUT2D eigenvalue weighted by Crippen LogP contribution is 2.17. The van der Waals surface area contributed by atoms with Crippen LogP contribution in [-0.2, 0) is 9.53 Å². The first kappa shape index (κ1) is 19.0. The molecule has 0 radical (unpaired) electrons. The van der Waals surface area contributed by atoms with E-state index in [9.17, 15) is 14.4 Å². The molecule has 0 atom stereocenters. The smallest absolute Gasteiger partial charge is 0.344 e. The Balaban J connectivity index is 1.46. The number of halogens is 1. The molecule has 1 N–H and O–H groups in total. The number of amides is 1. The van der Waals surface area contributed by atoms with E-state index in [1.807, 2.05) is 0 Å². The van der Waals surface area contributed by atoms with Crippen LogP contribution in [0, 0.1) is 0 Å². The van der Waals surface area contributed by atoms with Gasteiger partial charge in [-0.05, 0) is 37.1 Å². The van der Waals surface area contributed by atoms with E-state index in [2.05, 4.69) is 4.98 Å². The predicted molar refractivity (Wildman–Crippen MR) is 98.2 cm³/mol. The van der Waals surface area contributed by atoms with Crippen molar-refractivity contribution >= 4 is 29.3 Å². The molecule has 2 aromatic rings. The van der Waals surface area contributed by atoms with E-state index in [4.69, 9.17) is 21.1 Å². The largest absolute Gasteiger partial charge is 0.482 e. The maximum absolute atomic E-state index is 12.3. The SMILES string of the molecule is O=C(COc1cccc(Cl)c1)OCC(=O)c1c[nH]c(C(=O)N2CCCC2)c1. The predicted octanol–water partition coefficient (Wildman–Crippen LogP) is 2.71. The molecule has 0 spiro atoms. The topological polar surface area (TPSA) is 88.7 Å². The number of ether oxygens (including phenoxy) is 2. The number of aromatic amines is 1. The van der Waals surface area contributed by atoms with E-state index in [0.29, 0.717) is 22.0 Å². The second-order valence-electron chi connectivity index (χ2n) is 6.13. The summed E-state index contributed by atoms with van der Waals surface area (Å²) in [5.41, 5.74) is 0.650. The van der Waals surface area contributed by atoms with Crippen molar-refractivity contribution in [2.45, 2.75) is 12.8 Å². The lowest BCUT2D eigenvalue weighted by Gasteiger charge is -2.13. The third-order valence-electron chi connectivity index (χ3n) is 4.15. The molecule has 2 heterocycles. The standard InChI is InChI=1S/C19H19ClN2O5/c20-14-4-3-5-15(9-14)26-12-18(24)27-11-17(23)13-8-16(21-10-13)19(25)22-6-1-2-7-22/h3-5,8-10,21H,1-2,6-7,11-12H2. The number of H-pyrrole nitrogens is 1. The molecule has 7 nitrogen and oxygen atoms in total. The number of esters is 1. The molecule has 1 fully saturated rings. The molecule has 1 saturated heterocycles. The molecular formula is C19H19ClN2O5. The normalized spacial score (nSPS) is 13.4. The second-order valence-corrected chi connectivity index (χ2v) is 6.57. The summed E-state index contributed by atoms with van der Waals surface area (Å²) in [6, 6.07) is 8.09. The van der Waals surface area contributed by atoms with Crippen LogP contribution < -0.4 is 4.74 Å². The van der Waals surface area contributed by atoms with Gasteiger partial charge in [-0.25, -0.2) is 4.79 Å². The molecule has 1 aliphatic rings. The molecule has 0 bridgehead atoms. The minimum Gasteiger partial charge on any atom is -0.482 e. The number of hydrogen-bond donors (Lipinski definition) is 1. The lowest BCUT2D eigenvalue weighted by molar-refractivity contribution is -0.144. The number of carbonyl (C=O) groups excluding carboxylic acids is 3. The van der Waals surface area contributed by atoms with Crippen molar-refractivity contribution in [3.63, 3.8) is 0 Å². The first-order valence-corrected chi connectivity index (χ1v) is 8.95. The summed E-state index contributed by atoms with van der Waals surface area (Å²) in [5, 5.41) is 0.489. The van der Waals surface area contributed by atoms with Gasteiger partial charge >= 0.3 is 5.97 Å². The van der Waals surface area contributed by atoms with Gasteiger partial charge in [-0.3, -0.25) is 9.59 Å². The second kappa shape index (κ2) is 8.73. The van der Waals surface area contributed by atoms with Crippen molar-refractivity contribution in [3.8, 4) is 5.75 Å². The van der Waals surface area contributed by atoms with Gasteiger partial charge in [0.15, 0.2) is 13.2 Å². The summed E-state index contributed by atoms with van der Waals surface area (Å²) in [7, 11) is 0. The third-order valence-corrected chi connectivity index (χ3v) is 4.38. The molecule has 3 rings (SSSR count). The molecule has 0 aliphatic carbocycles. The zero-order chi connectivity index (χ0) is 19.2. The molecule has 27 heavy (non-hydrogen) atoms. The van der Waals surface area contributed by atoms with Crippen LogP contribution in [0.25, 0.3) is 0 Å². The zero-order valence-electron chi connectivity index (χ0n) is 14.6. The van der Waals surface area contributed by atoms with Crippen LogP contribution in [0.15, 0.2) is 36.5 Å². The Kier molecular flexibility index (Phi) is 6.13. The Bertz CT molecular complexity index is 842. The average molecular weight is 391 g/mol. The number of aromatic nitrogens is 1. The Labute approximate surface area is 161 Å². The van der Waals surface area contributed by atoms with Crippen LogP contribution in [0.5, 0.6) is 5.75 Å². The van der Waals surface area contributed by atoms with Crippen LogP contribution >= 0.6 is 11.6 Å². The van der Waals surface area contributed by atoms with Gasteiger partial charge in [0.05, 0.1) is 0 Å². The highest BCUT2D eigenvalue weighted by Gasteiger charge is 2.22. The van der Waals surface area contributed by atoms with Crippen molar-refractivity contribution in [3.05, 3.63) is 52.8 Å². The third kappa shape index (κ3) is 5.10. The van der Waals surface area contributed by atoms with Gasteiger partial charge in [0, 0.05) is 29.9 Å². The highest BCUT2D eigenvalue weighted by molar-refractivity contribution is 6.30. The van der Waals surface area contributed by atoms with Gasteiger partial charge in [0.2, 0.25) is 5.78 Å². The molecular weight excluding hydrogens is 372 g/mol. The summed E-state index contributed by atoms with van der Waals surface area (Å²) in [4.78, 5) is 40.7. The monoisotopic (exact) mass is 390 g/mol. The van der Waals surface area contributed by atoms with Gasteiger partial charge in [0.25, 0.3) is 5.91 Å². The van der Waals surface area contributed by atoms with Crippen molar-refractivity contribution in [2.24, 2.45) is 0 Å². The lowest BCUT2D eigenvalue weighted by Crippen LogP contribution is -2.27. The number of hydrogen-bond acceptors (Lipinski definition) is 5. The summed E-state index contributed by atoms with van der Waals surface area (Å²) < 4.78 is 10.2. The van der Waals surface area contributed by atoms with Crippen molar-refractivity contribution in [1.29, 1.82) is 0 Å². The van der Waals surface area contributed by atoms with Crippen LogP contribution in [0.1, 0.15) is 33.7 Å². The van der Waals surface area contributed by atoms with Crippen LogP contribution in [-0.4, -0.2) is 53.8 Å². The average Bonchev–Trinajstić information content (AvgIpc) is 3.36. The van der Waals surface area contributed by atoms with Gasteiger partial charge < -0.3 is 19.4 Å². The van der Waals surface area contributed by atoms with E-state index in [1.54, 1.807) is 29.2 Å². The Morgan fingerprint density at radius 1 is 1.11 bits per heavy atom. The Hall–Kier alpha value is -2.80. The molecule has 1 amide bonds. The zero-order valence-corrected chi connectivity index (χ0v) is 15.3. The van der Waals surface area contributed by atoms with E-state index in [1.165, 1.54) is 12.3 Å². The summed E-state index contributed by atoms with van der Waals surface area (Å²) in [6.07, 6.45) is 3.43. The molecule has 142 valence electrons. The van der Waals surface area contributed by atoms with E-state index in [0.717, 1.165) is 25.9 Å². The number of nitrogens with zero attached hydrogens (tertiary/aromatic N) is 1. The summed E-state index contributed by atoms with van der Waals surface area (Å²) in [6.45, 7) is 0.698. The van der Waals surface area contributed by atoms with E-state index < -0.39 is 18.4 Å². The molecule has 1 aliphatic heterocycles. The summed E-state index contributed by atoms with van der Waals surface area (Å²) >= 11 is 5.83. The van der Waals surface area contributed by atoms with Crippen LogP contribution in [0.4, 0.5) is 0 Å². The Morgan fingerprint density at radius 2 is 1.89 bits per heavy atom. The number of rotatable bonds is 7. The highest BCUT2D eigenvalue weighted by atomic mass is 35.5. The van der Waals surface area contributed by atoms with Gasteiger partial charge in [-0.2, -0.15) is 0 Å². The van der Waals surface area contributed by atoms with Gasteiger partial charge in [-0.1, -0.05) is 17.7 Å². The minimum atomic E-state index is -0.674. The maximum atomic E-state index is 12.3. The first-order chi connectivity index (χ1) is 13.0. The Morgan fingerprint density at radius 3 is 2.63 bits per heavy atom. The van der Waals surface area contributed by atoms with E-state index >= 15 is 0 Å². The number of benzene rings is 1. The van der Waals surface area contributed by atoms with Gasteiger partial charge in [-0.15, -0.1) is 0 Å². The molecule has 1 aromatic carbocycles. The van der Waals surface area contributed by atoms with Crippen LogP contribution in [0.2, 0.25) is 5.02 Å². The fourth-order valence-electron chi connectivity index (χ4n) is 2.74. The first-order valence-electron chi connectivity index (χ1n) is 8.58. The number of Topliss-reactive ketones (excluding diaryl/α,β-unsaturated/α-hetero) is 1. The molecule has 0 saturated carbocycles.